The molecule has 0 heterocycles. The van der Waals surface area contributed by atoms with E-state index >= 15 is 0 Å². The van der Waals surface area contributed by atoms with Gasteiger partial charge in [-0.15, -0.1) is 0 Å². The van der Waals surface area contributed by atoms with Gasteiger partial charge in [-0.05, 0) is 0 Å². The second-order valence-electron chi connectivity index (χ2n) is 0. The molecule has 0 amide bonds. The number of hydrogen-bond donors (Lipinski definition) is 0. The zero-order valence-corrected chi connectivity index (χ0v) is 3.36. The Bertz CT molecular complexity index is 13.5. The van der Waals surface area contributed by atoms with Crippen LogP contribution in [0.4, 0.5) is 0 Å². The van der Waals surface area contributed by atoms with Crippen LogP contribution in [0.1, 0.15) is 2.85 Å². The monoisotopic (exact) mass is 243 g/mol. The molecule has 0 aliphatic rings. The molecule has 0 nitrogen and oxygen atoms in total. The van der Waals surface area contributed by atoms with Gasteiger partial charge in [-0.3, -0.25) is 0 Å². The van der Waals surface area contributed by atoms with Crippen molar-refractivity contribution in [3.8, 4) is 0 Å². The maximum atomic E-state index is 0. The molecule has 0 saturated heterocycles. The molecule has 0 fully saturated rings. The third kappa shape index (κ3) is 8.82. The molecule has 0 unspecified atom stereocenters. The van der Waals surface area contributed by atoms with Crippen molar-refractivity contribution in [1.82, 2.24) is 0 Å². The van der Waals surface area contributed by atoms with Crippen LogP contribution in [0.25, 0.3) is 0 Å². The third-order valence-electron chi connectivity index (χ3n) is 0. The Morgan fingerprint density at radius 1 is 1.25 bits per heavy atom. The topological polar surface area (TPSA) is 0 Å². The first-order valence-electron chi connectivity index (χ1n) is 0. The summed E-state index contributed by atoms with van der Waals surface area (Å²) in [5, 5.41) is 0. The Balaban J connectivity index is 0. The predicted octanol–water partition coefficient (Wildman–Crippen LogP) is -2.79. The van der Waals surface area contributed by atoms with Crippen molar-refractivity contribution in [2.24, 2.45) is 0 Å². The third-order valence-corrected chi connectivity index (χ3v) is 0. The molecular weight excluding hydrogens is 234 g/mol. The van der Waals surface area contributed by atoms with Gasteiger partial charge in [-0.1, -0.05) is 0 Å². The molecule has 0 aromatic rings. The van der Waals surface area contributed by atoms with Gasteiger partial charge in [-0.25, -0.2) is 0 Å². The van der Waals surface area contributed by atoms with E-state index in [1.165, 1.54) is 0 Å². The van der Waals surface area contributed by atoms with Crippen LogP contribution >= 0.6 is 0 Å². The van der Waals surface area contributed by atoms with Crippen LogP contribution in [0, 0.1) is 0 Å². The second kappa shape index (κ2) is 17.5. The van der Waals surface area contributed by atoms with E-state index in [-0.39, 0.29) is 84.2 Å². The van der Waals surface area contributed by atoms with Gasteiger partial charge in [0.2, 0.25) is 0 Å². The molecule has 29 valence electrons. The second-order valence-corrected chi connectivity index (χ2v) is 0. The van der Waals surface area contributed by atoms with Gasteiger partial charge in [0, 0.05) is 17.1 Å². The summed E-state index contributed by atoms with van der Waals surface area (Å²) in [6.45, 7) is 0. The van der Waals surface area contributed by atoms with E-state index in [2.05, 4.69) is 0 Å². The number of hydrogen-bond acceptors (Lipinski definition) is 0. The maximum absolute atomic E-state index is 0. The molecule has 0 bridgehead atoms. The van der Waals surface area contributed by atoms with Crippen LogP contribution < -0.4 is 0 Å². The fourth-order valence-corrected chi connectivity index (χ4v) is 0. The molecule has 0 rings (SSSR count). The molecule has 0 saturated carbocycles. The van der Waals surface area contributed by atoms with E-state index in [1.54, 1.807) is 0 Å². The molecule has 4 heavy (non-hydrogen) atoms. The molecule has 0 aromatic heterocycles. The van der Waals surface area contributed by atoms with Crippen molar-refractivity contribution >= 4 is 64.3 Å². The van der Waals surface area contributed by atoms with E-state index in [4.69, 9.17) is 0 Å². The van der Waals surface area contributed by atoms with E-state index in [9.17, 15) is 0 Å². The van der Waals surface area contributed by atoms with Crippen molar-refractivity contribution < 1.29 is 19.9 Å². The fraction of sp³-hybridized carbons (Fsp3) is 0. The van der Waals surface area contributed by atoms with Crippen molar-refractivity contribution in [2.45, 2.75) is 0 Å². The molecule has 0 atom stereocenters. The van der Waals surface area contributed by atoms with E-state index in [0.717, 1.165) is 0 Å². The summed E-state index contributed by atoms with van der Waals surface area (Å²) >= 11 is 0. The molecule has 0 spiro atoms. The minimum atomic E-state index is 0. The normalized spacial score (nSPS) is 0. The van der Waals surface area contributed by atoms with Gasteiger partial charge in [-0.2, -0.15) is 0 Å². The number of rotatable bonds is 0. The van der Waals surface area contributed by atoms with Crippen LogP contribution in [0.3, 0.4) is 0 Å². The van der Waals surface area contributed by atoms with Crippen LogP contribution in [0.5, 0.6) is 0 Å². The first-order chi connectivity index (χ1) is 0. The molecule has 0 aliphatic heterocycles. The van der Waals surface area contributed by atoms with Crippen molar-refractivity contribution in [3.05, 3.63) is 0 Å². The van der Waals surface area contributed by atoms with E-state index in [1.807, 2.05) is 0 Å². The van der Waals surface area contributed by atoms with Gasteiger partial charge in [0.25, 0.3) is 0 Å². The summed E-state index contributed by atoms with van der Waals surface area (Å²) in [5.74, 6) is 0. The quantitative estimate of drug-likeness (QED) is 0.403. The van der Waals surface area contributed by atoms with E-state index in [0.29, 0.717) is 0 Å². The van der Waals surface area contributed by atoms with Crippen LogP contribution in [0.2, 0.25) is 0 Å². The summed E-state index contributed by atoms with van der Waals surface area (Å²) in [6.07, 6.45) is 0. The van der Waals surface area contributed by atoms with Crippen molar-refractivity contribution in [2.75, 3.05) is 0 Å². The summed E-state index contributed by atoms with van der Waals surface area (Å²) in [5.41, 5.74) is 0. The SMILES string of the molecule is [AlH3].[Cu].[H-].[H-].[Mg+2].[SnH4]. The first kappa shape index (κ1) is 30.5. The molecular formula is H9AlCuMgSn. The van der Waals surface area contributed by atoms with Gasteiger partial charge in [0.15, 0.2) is 17.4 Å². The average Bonchev–Trinajstić information content (AvgIpc) is 0. The van der Waals surface area contributed by atoms with Gasteiger partial charge in [0.1, 0.15) is 0 Å². The Hall–Kier alpha value is 2.62. The van der Waals surface area contributed by atoms with E-state index < -0.39 is 0 Å². The zero-order valence-electron chi connectivity index (χ0n) is 3.01. The summed E-state index contributed by atoms with van der Waals surface area (Å²) < 4.78 is 0. The zero-order chi connectivity index (χ0) is 0. The minimum absolute atomic E-state index is 0. The van der Waals surface area contributed by atoms with Crippen LogP contribution in [-0.2, 0) is 17.1 Å². The van der Waals surface area contributed by atoms with Crippen molar-refractivity contribution in [1.29, 1.82) is 0 Å². The predicted molar refractivity (Wildman–Crippen MR) is 29.3 cm³/mol. The Labute approximate surface area is 83.2 Å². The standard InChI is InChI=1S/Al.Cu.Mg.Sn.9H/q;;+2;;;;;;;;;2*-1. The Morgan fingerprint density at radius 3 is 1.25 bits per heavy atom. The Morgan fingerprint density at radius 2 is 1.25 bits per heavy atom. The molecule has 0 N–H and O–H groups in total. The van der Waals surface area contributed by atoms with Crippen LogP contribution in [0.15, 0.2) is 0 Å². The van der Waals surface area contributed by atoms with Gasteiger partial charge in [0.05, 0.1) is 0 Å². The fourth-order valence-electron chi connectivity index (χ4n) is 0. The summed E-state index contributed by atoms with van der Waals surface area (Å²) in [4.78, 5) is 0. The Kier molecular flexibility index (Phi) is 133. The summed E-state index contributed by atoms with van der Waals surface area (Å²) in [7, 11) is 0. The molecule has 4 heteroatoms. The average molecular weight is 243 g/mol. The van der Waals surface area contributed by atoms with Crippen LogP contribution in [-0.4, -0.2) is 64.3 Å². The molecule has 0 aromatic carbocycles. The van der Waals surface area contributed by atoms with Crippen molar-refractivity contribution in [3.63, 3.8) is 0 Å². The van der Waals surface area contributed by atoms with Gasteiger partial charge < -0.3 is 2.85 Å². The van der Waals surface area contributed by atoms with Gasteiger partial charge >= 0.3 is 47.0 Å². The summed E-state index contributed by atoms with van der Waals surface area (Å²) in [6, 6.07) is 0. The molecule has 0 aliphatic carbocycles. The first-order valence-corrected chi connectivity index (χ1v) is 0. The molecule has 1 radical (unpaired) electrons.